The molecule has 3 N–H and O–H groups in total. The smallest absolute Gasteiger partial charge is 0.330 e. The molecule has 1 aromatic rings. The molecule has 3 atom stereocenters. The highest BCUT2D eigenvalue weighted by molar-refractivity contribution is 6.30. The maximum Gasteiger partial charge on any atom is 0.330 e. The predicted molar refractivity (Wildman–Crippen MR) is 63.2 cm³/mol. The Hall–Kier alpha value is -1.43. The Bertz CT molecular complexity index is 693. The minimum atomic E-state index is -4.57. The SMILES string of the molecule is O=c1[nH]c(=O)n(C2OC(CO)(C(F)F)C(F)(F)C2O)cc1Cl. The molecule has 3 unspecified atom stereocenters. The van der Waals surface area contributed by atoms with Crippen molar-refractivity contribution in [3.05, 3.63) is 32.1 Å². The molecule has 2 rings (SSSR count). The number of alkyl halides is 4. The van der Waals surface area contributed by atoms with Crippen molar-refractivity contribution in [3.63, 3.8) is 0 Å². The van der Waals surface area contributed by atoms with E-state index in [2.05, 4.69) is 4.74 Å². The van der Waals surface area contributed by atoms with E-state index in [1.165, 1.54) is 0 Å². The van der Waals surface area contributed by atoms with E-state index in [0.29, 0.717) is 6.20 Å². The van der Waals surface area contributed by atoms with Crippen LogP contribution in [-0.4, -0.2) is 50.4 Å². The molecule has 0 aromatic carbocycles. The number of nitrogens with zero attached hydrogens (tertiary/aromatic N) is 1. The molecular formula is C10H9ClF4N2O5. The van der Waals surface area contributed by atoms with Crippen molar-refractivity contribution in [2.75, 3.05) is 6.61 Å². The van der Waals surface area contributed by atoms with Crippen LogP contribution in [0.4, 0.5) is 17.6 Å². The van der Waals surface area contributed by atoms with E-state index in [4.69, 9.17) is 16.7 Å². The average Bonchev–Trinajstić information content (AvgIpc) is 2.63. The Morgan fingerprint density at radius 3 is 2.50 bits per heavy atom. The first-order valence-corrected chi connectivity index (χ1v) is 6.10. The number of hydrogen-bond donors (Lipinski definition) is 3. The van der Waals surface area contributed by atoms with Gasteiger partial charge in [0, 0.05) is 6.20 Å². The lowest BCUT2D eigenvalue weighted by atomic mass is 9.95. The second-order valence-electron chi connectivity index (χ2n) is 4.57. The van der Waals surface area contributed by atoms with E-state index in [1.54, 1.807) is 4.98 Å². The summed E-state index contributed by atoms with van der Waals surface area (Å²) < 4.78 is 58.4. The molecule has 22 heavy (non-hydrogen) atoms. The van der Waals surface area contributed by atoms with Gasteiger partial charge in [0.2, 0.25) is 5.60 Å². The van der Waals surface area contributed by atoms with Gasteiger partial charge in [-0.05, 0) is 0 Å². The largest absolute Gasteiger partial charge is 0.393 e. The number of H-pyrrole nitrogens is 1. The van der Waals surface area contributed by atoms with Crippen LogP contribution >= 0.6 is 11.6 Å². The molecule has 1 saturated heterocycles. The van der Waals surface area contributed by atoms with Crippen LogP contribution in [0.5, 0.6) is 0 Å². The topological polar surface area (TPSA) is 105 Å². The van der Waals surface area contributed by atoms with Crippen molar-refractivity contribution >= 4 is 11.6 Å². The van der Waals surface area contributed by atoms with Gasteiger partial charge in [0.1, 0.15) is 5.02 Å². The van der Waals surface area contributed by atoms with Gasteiger partial charge >= 0.3 is 11.6 Å². The van der Waals surface area contributed by atoms with Crippen molar-refractivity contribution in [2.45, 2.75) is 30.3 Å². The summed E-state index contributed by atoms with van der Waals surface area (Å²) >= 11 is 5.42. The zero-order valence-corrected chi connectivity index (χ0v) is 11.2. The van der Waals surface area contributed by atoms with Crippen LogP contribution in [0.2, 0.25) is 5.02 Å². The van der Waals surface area contributed by atoms with E-state index in [-0.39, 0.29) is 4.57 Å². The highest BCUT2D eigenvalue weighted by atomic mass is 35.5. The third-order valence-electron chi connectivity index (χ3n) is 3.32. The van der Waals surface area contributed by atoms with Crippen LogP contribution in [0.3, 0.4) is 0 Å². The molecular weight excluding hydrogens is 340 g/mol. The maximum absolute atomic E-state index is 13.9. The lowest BCUT2D eigenvalue weighted by Crippen LogP contribution is -2.57. The number of ether oxygens (including phenoxy) is 1. The Morgan fingerprint density at radius 2 is 2.05 bits per heavy atom. The summed E-state index contributed by atoms with van der Waals surface area (Å²) in [6, 6.07) is 0. The van der Waals surface area contributed by atoms with Crippen LogP contribution in [0.1, 0.15) is 6.23 Å². The summed E-state index contributed by atoms with van der Waals surface area (Å²) in [6.45, 7) is -1.81. The fraction of sp³-hybridized carbons (Fsp3) is 0.600. The second kappa shape index (κ2) is 5.33. The van der Waals surface area contributed by atoms with E-state index >= 15 is 0 Å². The van der Waals surface area contributed by atoms with Gasteiger partial charge in [0.15, 0.2) is 12.3 Å². The molecule has 12 heteroatoms. The molecule has 0 radical (unpaired) electrons. The molecule has 1 aliphatic rings. The first-order valence-electron chi connectivity index (χ1n) is 5.72. The van der Waals surface area contributed by atoms with Crippen LogP contribution in [0, 0.1) is 0 Å². The molecule has 0 bridgehead atoms. The fourth-order valence-corrected chi connectivity index (χ4v) is 2.21. The number of rotatable bonds is 3. The summed E-state index contributed by atoms with van der Waals surface area (Å²) in [5.74, 6) is -4.57. The molecule has 0 amide bonds. The lowest BCUT2D eigenvalue weighted by molar-refractivity contribution is -0.244. The van der Waals surface area contributed by atoms with Crippen LogP contribution in [-0.2, 0) is 4.74 Å². The molecule has 1 aromatic heterocycles. The Kier molecular flexibility index (Phi) is 4.11. The Balaban J connectivity index is 2.58. The van der Waals surface area contributed by atoms with Crippen LogP contribution in [0.15, 0.2) is 15.8 Å². The average molecular weight is 349 g/mol. The van der Waals surface area contributed by atoms with Gasteiger partial charge in [-0.2, -0.15) is 8.78 Å². The van der Waals surface area contributed by atoms with Crippen molar-refractivity contribution in [1.82, 2.24) is 9.55 Å². The summed E-state index contributed by atoms with van der Waals surface area (Å²) in [4.78, 5) is 24.3. The summed E-state index contributed by atoms with van der Waals surface area (Å²) in [5, 5.41) is 17.8. The molecule has 2 heterocycles. The third kappa shape index (κ3) is 2.16. The summed E-state index contributed by atoms with van der Waals surface area (Å²) in [5.41, 5.74) is -6.04. The normalized spacial score (nSPS) is 30.9. The molecule has 7 nitrogen and oxygen atoms in total. The molecule has 124 valence electrons. The fourth-order valence-electron chi connectivity index (χ4n) is 2.06. The van der Waals surface area contributed by atoms with Gasteiger partial charge in [-0.1, -0.05) is 11.6 Å². The number of aromatic amines is 1. The van der Waals surface area contributed by atoms with E-state index in [9.17, 15) is 32.3 Å². The first-order chi connectivity index (χ1) is 10.1. The number of hydrogen-bond acceptors (Lipinski definition) is 5. The summed E-state index contributed by atoms with van der Waals surface area (Å²) in [6.07, 6.45) is -8.46. The van der Waals surface area contributed by atoms with Gasteiger partial charge in [-0.3, -0.25) is 14.3 Å². The number of nitrogens with one attached hydrogen (secondary N) is 1. The van der Waals surface area contributed by atoms with Crippen molar-refractivity contribution in [2.24, 2.45) is 0 Å². The standard InChI is InChI=1S/C10H9ClF4N2O5/c11-3-1-17(8(21)16-5(3)20)6-4(19)10(14,15)9(2-18,22-6)7(12)13/h1,4,6-7,18-19H,2H2,(H,16,20,21). The van der Waals surface area contributed by atoms with Crippen LogP contribution < -0.4 is 11.2 Å². The van der Waals surface area contributed by atoms with Crippen molar-refractivity contribution < 1.29 is 32.5 Å². The van der Waals surface area contributed by atoms with E-state index in [1.807, 2.05) is 0 Å². The zero-order chi connectivity index (χ0) is 16.9. The maximum atomic E-state index is 13.9. The Labute approximate surface area is 123 Å². The number of aliphatic hydroxyl groups is 2. The van der Waals surface area contributed by atoms with Gasteiger partial charge < -0.3 is 14.9 Å². The van der Waals surface area contributed by atoms with Gasteiger partial charge in [-0.15, -0.1) is 0 Å². The monoisotopic (exact) mass is 348 g/mol. The van der Waals surface area contributed by atoms with E-state index < -0.39 is 53.2 Å². The van der Waals surface area contributed by atoms with Gasteiger partial charge in [0.25, 0.3) is 12.0 Å². The number of halogens is 5. The second-order valence-corrected chi connectivity index (χ2v) is 4.98. The third-order valence-corrected chi connectivity index (χ3v) is 3.59. The van der Waals surface area contributed by atoms with Crippen molar-refractivity contribution in [3.8, 4) is 0 Å². The molecule has 0 spiro atoms. The van der Waals surface area contributed by atoms with Crippen LogP contribution in [0.25, 0.3) is 0 Å². The lowest BCUT2D eigenvalue weighted by Gasteiger charge is -2.31. The summed E-state index contributed by atoms with van der Waals surface area (Å²) in [7, 11) is 0. The molecule has 1 fully saturated rings. The number of aliphatic hydroxyl groups excluding tert-OH is 2. The quantitative estimate of drug-likeness (QED) is 0.651. The van der Waals surface area contributed by atoms with E-state index in [0.717, 1.165) is 0 Å². The minimum absolute atomic E-state index is 0.238. The molecule has 1 aliphatic heterocycles. The molecule has 0 saturated carbocycles. The highest BCUT2D eigenvalue weighted by Crippen LogP contribution is 2.50. The van der Waals surface area contributed by atoms with Gasteiger partial charge in [-0.25, -0.2) is 13.6 Å². The molecule has 0 aliphatic carbocycles. The zero-order valence-electron chi connectivity index (χ0n) is 10.5. The van der Waals surface area contributed by atoms with Crippen molar-refractivity contribution in [1.29, 1.82) is 0 Å². The predicted octanol–water partition coefficient (Wildman–Crippen LogP) is -0.289. The van der Waals surface area contributed by atoms with Gasteiger partial charge in [0.05, 0.1) is 6.61 Å². The number of aromatic nitrogens is 2. The first kappa shape index (κ1) is 16.9. The Morgan fingerprint density at radius 1 is 1.45 bits per heavy atom. The highest BCUT2D eigenvalue weighted by Gasteiger charge is 2.73. The minimum Gasteiger partial charge on any atom is -0.393 e.